The minimum Gasteiger partial charge on any atom is -0.354 e. The lowest BCUT2D eigenvalue weighted by Gasteiger charge is -2.11. The Balaban J connectivity index is 0.000000671. The van der Waals surface area contributed by atoms with Crippen LogP contribution in [0.1, 0.15) is 27.7 Å². The highest BCUT2D eigenvalue weighted by atomic mass is 16.2. The zero-order valence-electron chi connectivity index (χ0n) is 8.68. The van der Waals surface area contributed by atoms with Crippen molar-refractivity contribution in [1.82, 2.24) is 10.6 Å². The van der Waals surface area contributed by atoms with Gasteiger partial charge in [0.15, 0.2) is 0 Å². The van der Waals surface area contributed by atoms with Crippen LogP contribution >= 0.6 is 0 Å². The molecule has 0 aromatic heterocycles. The fourth-order valence-electron chi connectivity index (χ4n) is 1.17. The molecule has 1 saturated heterocycles. The third kappa shape index (κ3) is 3.44. The van der Waals surface area contributed by atoms with Crippen LogP contribution in [0.5, 0.6) is 0 Å². The molecule has 2 atom stereocenters. The van der Waals surface area contributed by atoms with E-state index < -0.39 is 0 Å². The number of amides is 2. The maximum Gasteiger partial charge on any atom is 0.242 e. The predicted octanol–water partition coefficient (Wildman–Crippen LogP) is 0.283. The number of nitrogens with one attached hydrogen (secondary N) is 2. The lowest BCUT2D eigenvalue weighted by Crippen LogP contribution is -2.41. The van der Waals surface area contributed by atoms with E-state index in [9.17, 15) is 9.59 Å². The number of carbonyl (C=O) groups is 2. The van der Waals surface area contributed by atoms with Gasteiger partial charge in [-0.2, -0.15) is 0 Å². The number of carbonyl (C=O) groups excluding carboxylic acids is 2. The third-order valence-corrected chi connectivity index (χ3v) is 1.81. The Labute approximate surface area is 79.1 Å². The van der Waals surface area contributed by atoms with Crippen molar-refractivity contribution in [3.05, 3.63) is 0 Å². The molecule has 2 unspecified atom stereocenters. The van der Waals surface area contributed by atoms with Gasteiger partial charge in [-0.15, -0.1) is 0 Å². The lowest BCUT2D eigenvalue weighted by molar-refractivity contribution is -0.126. The van der Waals surface area contributed by atoms with Crippen molar-refractivity contribution in [2.75, 3.05) is 6.54 Å². The molecule has 4 heteroatoms. The van der Waals surface area contributed by atoms with E-state index in [1.165, 1.54) is 6.92 Å². The van der Waals surface area contributed by atoms with E-state index in [0.29, 0.717) is 6.54 Å². The Kier molecular flexibility index (Phi) is 5.11. The van der Waals surface area contributed by atoms with Crippen LogP contribution in [0, 0.1) is 5.92 Å². The van der Waals surface area contributed by atoms with Crippen LogP contribution in [0.15, 0.2) is 0 Å². The van der Waals surface area contributed by atoms with E-state index in [0.717, 1.165) is 0 Å². The van der Waals surface area contributed by atoms with Crippen LogP contribution in [-0.2, 0) is 9.59 Å². The highest BCUT2D eigenvalue weighted by molar-refractivity contribution is 5.88. The van der Waals surface area contributed by atoms with Gasteiger partial charge in [-0.05, 0) is 0 Å². The molecule has 2 amide bonds. The Morgan fingerprint density at radius 2 is 2.08 bits per heavy atom. The minimum atomic E-state index is -0.326. The van der Waals surface area contributed by atoms with Crippen molar-refractivity contribution in [3.8, 4) is 0 Å². The number of hydrogen-bond donors (Lipinski definition) is 2. The Hall–Kier alpha value is -1.06. The van der Waals surface area contributed by atoms with E-state index in [1.807, 2.05) is 20.8 Å². The fraction of sp³-hybridized carbons (Fsp3) is 0.778. The SMILES string of the molecule is CC.CC(=O)NC1C(=O)NCC1C. The largest absolute Gasteiger partial charge is 0.354 e. The van der Waals surface area contributed by atoms with Gasteiger partial charge in [0.1, 0.15) is 6.04 Å². The Morgan fingerprint density at radius 3 is 2.38 bits per heavy atom. The number of hydrogen-bond acceptors (Lipinski definition) is 2. The van der Waals surface area contributed by atoms with Crippen molar-refractivity contribution >= 4 is 11.8 Å². The summed E-state index contributed by atoms with van der Waals surface area (Å²) >= 11 is 0. The topological polar surface area (TPSA) is 58.2 Å². The van der Waals surface area contributed by atoms with Gasteiger partial charge in [0.05, 0.1) is 0 Å². The summed E-state index contributed by atoms with van der Waals surface area (Å²) in [6.07, 6.45) is 0. The van der Waals surface area contributed by atoms with Crippen LogP contribution in [0.2, 0.25) is 0 Å². The van der Waals surface area contributed by atoms with Gasteiger partial charge >= 0.3 is 0 Å². The maximum absolute atomic E-state index is 11.0. The average molecular weight is 186 g/mol. The molecule has 1 aliphatic heterocycles. The molecular formula is C9H18N2O2. The summed E-state index contributed by atoms with van der Waals surface area (Å²) in [7, 11) is 0. The van der Waals surface area contributed by atoms with E-state index in [4.69, 9.17) is 0 Å². The van der Waals surface area contributed by atoms with Crippen molar-refractivity contribution in [2.24, 2.45) is 5.92 Å². The Morgan fingerprint density at radius 1 is 1.54 bits per heavy atom. The molecule has 1 aliphatic rings. The average Bonchev–Trinajstić information content (AvgIpc) is 2.39. The molecule has 0 radical (unpaired) electrons. The second-order valence-electron chi connectivity index (χ2n) is 2.90. The van der Waals surface area contributed by atoms with Crippen LogP contribution in [-0.4, -0.2) is 24.4 Å². The first-order valence-corrected chi connectivity index (χ1v) is 4.66. The molecular weight excluding hydrogens is 168 g/mol. The summed E-state index contributed by atoms with van der Waals surface area (Å²) in [5, 5.41) is 5.26. The molecule has 2 N–H and O–H groups in total. The highest BCUT2D eigenvalue weighted by Gasteiger charge is 2.31. The second kappa shape index (κ2) is 5.56. The third-order valence-electron chi connectivity index (χ3n) is 1.81. The quantitative estimate of drug-likeness (QED) is 0.618. The summed E-state index contributed by atoms with van der Waals surface area (Å²) in [5.41, 5.74) is 0. The fourth-order valence-corrected chi connectivity index (χ4v) is 1.17. The van der Waals surface area contributed by atoms with Crippen molar-refractivity contribution in [2.45, 2.75) is 33.7 Å². The molecule has 0 aromatic rings. The van der Waals surface area contributed by atoms with Crippen molar-refractivity contribution in [3.63, 3.8) is 0 Å². The minimum absolute atomic E-state index is 0.0762. The molecule has 0 aromatic carbocycles. The molecule has 0 aliphatic carbocycles. The number of rotatable bonds is 1. The molecule has 0 bridgehead atoms. The molecule has 1 fully saturated rings. The van der Waals surface area contributed by atoms with Gasteiger partial charge in [0.2, 0.25) is 11.8 Å². The highest BCUT2D eigenvalue weighted by Crippen LogP contribution is 2.08. The van der Waals surface area contributed by atoms with Gasteiger partial charge < -0.3 is 10.6 Å². The van der Waals surface area contributed by atoms with Gasteiger partial charge in [-0.1, -0.05) is 20.8 Å². The molecule has 13 heavy (non-hydrogen) atoms. The summed E-state index contributed by atoms with van der Waals surface area (Å²) < 4.78 is 0. The molecule has 0 saturated carbocycles. The van der Waals surface area contributed by atoms with Gasteiger partial charge in [0.25, 0.3) is 0 Å². The van der Waals surface area contributed by atoms with E-state index in [1.54, 1.807) is 0 Å². The molecule has 0 spiro atoms. The monoisotopic (exact) mass is 186 g/mol. The molecule has 4 nitrogen and oxygen atoms in total. The summed E-state index contributed by atoms with van der Waals surface area (Å²) in [6, 6.07) is -0.326. The molecule has 1 rings (SSSR count). The van der Waals surface area contributed by atoms with Crippen LogP contribution in [0.4, 0.5) is 0 Å². The van der Waals surface area contributed by atoms with Crippen LogP contribution in [0.3, 0.4) is 0 Å². The van der Waals surface area contributed by atoms with Gasteiger partial charge in [-0.25, -0.2) is 0 Å². The normalized spacial score (nSPS) is 25.7. The van der Waals surface area contributed by atoms with Crippen LogP contribution in [0.25, 0.3) is 0 Å². The maximum atomic E-state index is 11.0. The second-order valence-corrected chi connectivity index (χ2v) is 2.90. The van der Waals surface area contributed by atoms with Gasteiger partial charge in [0, 0.05) is 19.4 Å². The first-order valence-electron chi connectivity index (χ1n) is 4.66. The summed E-state index contributed by atoms with van der Waals surface area (Å²) in [6.45, 7) is 8.00. The molecule has 1 heterocycles. The van der Waals surface area contributed by atoms with Gasteiger partial charge in [-0.3, -0.25) is 9.59 Å². The first kappa shape index (κ1) is 11.9. The van der Waals surface area contributed by atoms with Crippen molar-refractivity contribution < 1.29 is 9.59 Å². The van der Waals surface area contributed by atoms with E-state index in [-0.39, 0.29) is 23.8 Å². The smallest absolute Gasteiger partial charge is 0.242 e. The van der Waals surface area contributed by atoms with E-state index >= 15 is 0 Å². The first-order chi connectivity index (χ1) is 6.11. The summed E-state index contributed by atoms with van der Waals surface area (Å²) in [5.74, 6) is -0.0296. The van der Waals surface area contributed by atoms with Crippen molar-refractivity contribution in [1.29, 1.82) is 0 Å². The van der Waals surface area contributed by atoms with E-state index in [2.05, 4.69) is 10.6 Å². The standard InChI is InChI=1S/C7H12N2O2.C2H6/c1-4-3-8-7(11)6(4)9-5(2)10;1-2/h4,6H,3H2,1-2H3,(H,8,11)(H,9,10);1-2H3. The zero-order valence-corrected chi connectivity index (χ0v) is 8.68. The lowest BCUT2D eigenvalue weighted by atomic mass is 10.1. The predicted molar refractivity (Wildman–Crippen MR) is 51.1 cm³/mol. The van der Waals surface area contributed by atoms with Crippen LogP contribution < -0.4 is 10.6 Å². The summed E-state index contributed by atoms with van der Waals surface area (Å²) in [4.78, 5) is 21.6. The Bertz CT molecular complexity index is 192. The zero-order chi connectivity index (χ0) is 10.4. The molecule has 76 valence electrons.